The molecule has 75 heavy (non-hydrogen) atoms. The first-order valence-corrected chi connectivity index (χ1v) is 29.7. The Bertz CT molecular complexity index is 2450. The minimum absolute atomic E-state index is 0.00422. The molecule has 412 valence electrons. The van der Waals surface area contributed by atoms with Crippen molar-refractivity contribution in [1.29, 1.82) is 0 Å². The van der Waals surface area contributed by atoms with Crippen LogP contribution in [0, 0.1) is 23.2 Å². The van der Waals surface area contributed by atoms with Crippen LogP contribution in [-0.2, 0) is 24.2 Å². The smallest absolute Gasteiger partial charge is 0.138 e. The Kier molecular flexibility index (Phi) is 22.4. The highest BCUT2D eigenvalue weighted by molar-refractivity contribution is 5.95. The topological polar surface area (TPSA) is 71.7 Å². The van der Waals surface area contributed by atoms with Gasteiger partial charge in [-0.15, -0.1) is 6.58 Å². The standard InChI is InChI=1S/C57H85N7.C7H11NO.C2H6/c1-13-31-57(9,10)39-51-50-38-48(28-29-53(50)63(16-4)56(51)49-27-22-32-58-54(49)41(5)6)47-26-21-23-45(36-47)37-52(43(8)64-34-20-19-33-59-64)60-42(7)55(46-24-17-18-25-46)62(12)35-30-44(14-2)40-61(11)15-3;1-8-6(4-9)7(8)5-2-3-5;1-2/h14,21-23,26-29,32,36,38,41,44,46,52,55,59-60H,2,7-8,13,15-20,24-25,30-31,33-35,37,39-40H2,1,3-6,9-12H3;4-7H,2-3H2,1H3;1-2H3. The summed E-state index contributed by atoms with van der Waals surface area (Å²) in [6.07, 6.45) is 20.6. The van der Waals surface area contributed by atoms with E-state index in [-0.39, 0.29) is 23.5 Å². The summed E-state index contributed by atoms with van der Waals surface area (Å²) < 4.78 is 2.55. The van der Waals surface area contributed by atoms with Gasteiger partial charge in [0.2, 0.25) is 0 Å². The zero-order chi connectivity index (χ0) is 54.4. The van der Waals surface area contributed by atoms with Crippen molar-refractivity contribution >= 4 is 17.2 Å². The van der Waals surface area contributed by atoms with Gasteiger partial charge in [0.25, 0.3) is 0 Å². The number of nitrogens with one attached hydrogen (secondary N) is 2. The van der Waals surface area contributed by atoms with E-state index in [1.165, 1.54) is 114 Å². The van der Waals surface area contributed by atoms with E-state index in [2.05, 4.69) is 165 Å². The van der Waals surface area contributed by atoms with Crippen LogP contribution in [0.3, 0.4) is 0 Å². The number of aldehydes is 1. The van der Waals surface area contributed by atoms with Gasteiger partial charge in [0.05, 0.1) is 29.5 Å². The number of carbonyl (C=O) groups excluding carboxylic acids is 1. The number of aryl methyl sites for hydroxylation is 1. The van der Waals surface area contributed by atoms with Gasteiger partial charge >= 0.3 is 0 Å². The third kappa shape index (κ3) is 15.4. The molecule has 0 bridgehead atoms. The van der Waals surface area contributed by atoms with Crippen LogP contribution in [0.4, 0.5) is 0 Å². The number of fused-ring (bicyclic) bond motifs is 1. The molecular weight excluding hydrogens is 921 g/mol. The summed E-state index contributed by atoms with van der Waals surface area (Å²) in [5.74, 6) is 2.26. The maximum absolute atomic E-state index is 10.3. The number of aromatic nitrogens is 2. The first-order chi connectivity index (χ1) is 36.1. The first kappa shape index (κ1) is 59.7. The largest absolute Gasteiger partial charge is 0.379 e. The van der Waals surface area contributed by atoms with Crippen molar-refractivity contribution in [2.24, 2.45) is 23.2 Å². The third-order valence-corrected chi connectivity index (χ3v) is 17.0. The average molecular weight is 1020 g/mol. The fourth-order valence-corrected chi connectivity index (χ4v) is 12.7. The molecule has 6 unspecified atom stereocenters. The van der Waals surface area contributed by atoms with Crippen LogP contribution in [0.5, 0.6) is 0 Å². The highest BCUT2D eigenvalue weighted by atomic mass is 16.1. The normalized spacial score (nSPS) is 20.0. The highest BCUT2D eigenvalue weighted by Crippen LogP contribution is 2.45. The number of likely N-dealkylation sites (N-methyl/N-ethyl adjacent to an activating group) is 2. The van der Waals surface area contributed by atoms with Gasteiger partial charge in [-0.25, -0.2) is 5.43 Å². The van der Waals surface area contributed by atoms with Crippen molar-refractivity contribution < 1.29 is 4.79 Å². The van der Waals surface area contributed by atoms with E-state index < -0.39 is 0 Å². The van der Waals surface area contributed by atoms with E-state index >= 15 is 0 Å². The van der Waals surface area contributed by atoms with Gasteiger partial charge in [0.1, 0.15) is 6.29 Å². The number of hydrogen-bond acceptors (Lipinski definition) is 8. The molecule has 4 heterocycles. The molecule has 2 aliphatic heterocycles. The molecule has 0 spiro atoms. The van der Waals surface area contributed by atoms with E-state index in [1.54, 1.807) is 0 Å². The summed E-state index contributed by atoms with van der Waals surface area (Å²) in [4.78, 5) is 22.4. The lowest BCUT2D eigenvalue weighted by molar-refractivity contribution is -0.108. The van der Waals surface area contributed by atoms with Crippen LogP contribution < -0.4 is 10.7 Å². The predicted molar refractivity (Wildman–Crippen MR) is 321 cm³/mol. The molecule has 2 aromatic carbocycles. The zero-order valence-electron chi connectivity index (χ0n) is 49.2. The molecular formula is C66H102N8O. The van der Waals surface area contributed by atoms with Crippen LogP contribution in [0.1, 0.15) is 156 Å². The lowest BCUT2D eigenvalue weighted by atomic mass is 9.80. The van der Waals surface area contributed by atoms with Gasteiger partial charge in [0, 0.05) is 66.3 Å². The Hall–Kier alpha value is -4.54. The van der Waals surface area contributed by atoms with Crippen molar-refractivity contribution in [3.8, 4) is 22.4 Å². The summed E-state index contributed by atoms with van der Waals surface area (Å²) in [7, 11) is 6.56. The van der Waals surface area contributed by atoms with Crippen molar-refractivity contribution in [3.05, 3.63) is 115 Å². The Morgan fingerprint density at radius 3 is 2.31 bits per heavy atom. The van der Waals surface area contributed by atoms with Gasteiger partial charge in [-0.3, -0.25) is 14.8 Å². The number of carbonyl (C=O) groups is 1. The molecule has 9 nitrogen and oxygen atoms in total. The molecule has 2 saturated carbocycles. The van der Waals surface area contributed by atoms with E-state index in [1.807, 2.05) is 27.1 Å². The molecule has 6 atom stereocenters. The van der Waals surface area contributed by atoms with E-state index in [4.69, 9.17) is 18.1 Å². The Morgan fingerprint density at radius 1 is 0.960 bits per heavy atom. The third-order valence-electron chi connectivity index (χ3n) is 17.0. The number of hydrazine groups is 1. The molecule has 0 amide bonds. The van der Waals surface area contributed by atoms with E-state index in [0.717, 1.165) is 82.1 Å². The Balaban J connectivity index is 0.000000736. The van der Waals surface area contributed by atoms with E-state index in [0.29, 0.717) is 23.8 Å². The van der Waals surface area contributed by atoms with Crippen molar-refractivity contribution in [1.82, 2.24) is 40.0 Å². The quantitative estimate of drug-likeness (QED) is 0.0366. The number of pyridine rings is 1. The number of hydrogen-bond donors (Lipinski definition) is 2. The van der Waals surface area contributed by atoms with Gasteiger partial charge in [-0.05, 0) is 181 Å². The van der Waals surface area contributed by atoms with Crippen LogP contribution in [0.15, 0.2) is 98.0 Å². The number of benzene rings is 2. The minimum atomic E-state index is -0.00422. The second-order valence-corrected chi connectivity index (χ2v) is 23.6. The zero-order valence-corrected chi connectivity index (χ0v) is 49.2. The van der Waals surface area contributed by atoms with Gasteiger partial charge in [0.15, 0.2) is 0 Å². The fourth-order valence-electron chi connectivity index (χ4n) is 12.7. The predicted octanol–water partition coefficient (Wildman–Crippen LogP) is 13.9. The molecule has 4 aliphatic rings. The molecule has 9 heteroatoms. The van der Waals surface area contributed by atoms with Crippen LogP contribution in [0.2, 0.25) is 0 Å². The summed E-state index contributed by atoms with van der Waals surface area (Å²) in [5.41, 5.74) is 16.4. The van der Waals surface area contributed by atoms with E-state index in [9.17, 15) is 4.79 Å². The summed E-state index contributed by atoms with van der Waals surface area (Å²) in [6, 6.07) is 22.1. The number of rotatable bonds is 26. The molecule has 2 N–H and O–H groups in total. The summed E-state index contributed by atoms with van der Waals surface area (Å²) in [5, 5.41) is 7.75. The lowest BCUT2D eigenvalue weighted by Crippen LogP contribution is -2.51. The van der Waals surface area contributed by atoms with Gasteiger partial charge in [-0.1, -0.05) is 124 Å². The number of nitrogens with zero attached hydrogens (tertiary/aromatic N) is 6. The second-order valence-electron chi connectivity index (χ2n) is 23.6. The Labute approximate surface area is 456 Å². The van der Waals surface area contributed by atoms with Crippen LogP contribution in [0.25, 0.3) is 33.3 Å². The summed E-state index contributed by atoms with van der Waals surface area (Å²) in [6.45, 7) is 40.1. The van der Waals surface area contributed by atoms with Gasteiger partial charge in [-0.2, -0.15) is 0 Å². The van der Waals surface area contributed by atoms with Crippen molar-refractivity contribution in [3.63, 3.8) is 0 Å². The maximum Gasteiger partial charge on any atom is 0.138 e. The lowest BCUT2D eigenvalue weighted by Gasteiger charge is -2.40. The summed E-state index contributed by atoms with van der Waals surface area (Å²) >= 11 is 0. The molecule has 4 fully saturated rings. The highest BCUT2D eigenvalue weighted by Gasteiger charge is 2.52. The molecule has 4 aromatic rings. The van der Waals surface area contributed by atoms with Crippen LogP contribution in [-0.4, -0.2) is 114 Å². The van der Waals surface area contributed by atoms with Crippen LogP contribution >= 0.6 is 0 Å². The second kappa shape index (κ2) is 28.2. The molecule has 0 radical (unpaired) electrons. The monoisotopic (exact) mass is 1020 g/mol. The molecule has 2 aliphatic carbocycles. The average Bonchev–Trinajstić information content (AvgIpc) is 4.28. The SMILES string of the molecule is C=CC(CCN(C)C(C(=C)NC(Cc1cccc(-c2ccc3c(c2)c(CC(C)(C)CCC)c(-c2cccnc2C(C)C)n3CC)c1)C(=C)N1CCCCN1)C1CCCC1)CN(C)CC.CC.CN1C(C=O)C1C1CC1. The molecule has 2 aromatic heterocycles. The molecule has 8 rings (SSSR count). The fraction of sp³-hybridized carbons (Fsp3) is 0.606. The maximum atomic E-state index is 10.3. The first-order valence-electron chi connectivity index (χ1n) is 29.7. The molecule has 2 saturated heterocycles. The Morgan fingerprint density at radius 2 is 1.69 bits per heavy atom. The van der Waals surface area contributed by atoms with Crippen molar-refractivity contribution in [2.45, 2.75) is 182 Å². The van der Waals surface area contributed by atoms with Gasteiger partial charge < -0.3 is 24.6 Å². The van der Waals surface area contributed by atoms with Crippen molar-refractivity contribution in [2.75, 3.05) is 53.9 Å². The minimum Gasteiger partial charge on any atom is -0.379 e.